The highest BCUT2D eigenvalue weighted by atomic mass is 16.2. The van der Waals surface area contributed by atoms with Crippen LogP contribution in [-0.2, 0) is 56.1 Å². The molecule has 135 heavy (non-hydrogen) atoms. The van der Waals surface area contributed by atoms with Crippen LogP contribution in [-0.4, -0.2) is 109 Å². The molecule has 15 aromatic rings. The van der Waals surface area contributed by atoms with E-state index in [1.54, 1.807) is 24.5 Å². The molecule has 0 saturated carbocycles. The third-order valence-corrected chi connectivity index (χ3v) is 23.5. The van der Waals surface area contributed by atoms with Gasteiger partial charge in [0.25, 0.3) is 23.6 Å². The standard InChI is InChI=1S/C22H19N3O2.4C21H18N4O2/c1-13-8-10-16(11-9-13)21-23-20(15(3)26)17-12-19(27)25(22(17)24-21)18-7-5-4-6-14(18)2;4*1-12-7-9-14(10-8-12)20-23-18(19(22)27)15-11-17(26)25(21(15)24-20)16-6-4-3-5-13(16)2/h4-11H,12H2,1-3H3;4*3-10H,11H2,1-2H3,(H2,22,27). The zero-order valence-electron chi connectivity index (χ0n) is 75.7. The van der Waals surface area contributed by atoms with Crippen LogP contribution in [0.1, 0.15) is 143 Å². The lowest BCUT2D eigenvalue weighted by molar-refractivity contribution is -0.117. The Bertz CT molecular complexity index is 6380. The van der Waals surface area contributed by atoms with Crippen molar-refractivity contribution in [3.8, 4) is 56.9 Å². The highest BCUT2D eigenvalue weighted by Crippen LogP contribution is 2.45. The maximum Gasteiger partial charge on any atom is 0.267 e. The molecule has 0 aliphatic carbocycles. The normalized spacial score (nSPS) is 13.0. The molecular formula is C106H91N19O10. The molecule has 0 atom stereocenters. The van der Waals surface area contributed by atoms with Crippen LogP contribution < -0.4 is 47.4 Å². The third kappa shape index (κ3) is 18.5. The molecule has 0 spiro atoms. The summed E-state index contributed by atoms with van der Waals surface area (Å²) in [6.45, 7) is 21.1. The van der Waals surface area contributed by atoms with Crippen molar-refractivity contribution < 1.29 is 47.9 Å². The van der Waals surface area contributed by atoms with Gasteiger partial charge in [-0.3, -0.25) is 72.4 Å². The van der Waals surface area contributed by atoms with E-state index in [1.165, 1.54) is 6.92 Å². The van der Waals surface area contributed by atoms with Gasteiger partial charge < -0.3 is 22.9 Å². The second-order valence-corrected chi connectivity index (χ2v) is 33.3. The first kappa shape index (κ1) is 90.8. The topological polar surface area (TPSA) is 420 Å². The summed E-state index contributed by atoms with van der Waals surface area (Å²) in [6.07, 6.45) is 0.339. The molecule has 0 bridgehead atoms. The maximum absolute atomic E-state index is 12.8. The van der Waals surface area contributed by atoms with Crippen LogP contribution >= 0.6 is 0 Å². The summed E-state index contributed by atoms with van der Waals surface area (Å²) >= 11 is 0. The van der Waals surface area contributed by atoms with Crippen LogP contribution in [0.3, 0.4) is 0 Å². The van der Waals surface area contributed by atoms with E-state index in [4.69, 9.17) is 22.9 Å². The Morgan fingerprint density at radius 1 is 0.222 bits per heavy atom. The van der Waals surface area contributed by atoms with Crippen molar-refractivity contribution in [3.05, 3.63) is 355 Å². The first-order valence-electron chi connectivity index (χ1n) is 43.3. The summed E-state index contributed by atoms with van der Waals surface area (Å²) in [5.41, 5.74) is 43.3. The van der Waals surface area contributed by atoms with Gasteiger partial charge >= 0.3 is 0 Å². The number of hydrogen-bond acceptors (Lipinski definition) is 20. The van der Waals surface area contributed by atoms with E-state index in [-0.39, 0.29) is 90.2 Å². The minimum atomic E-state index is -0.665. The summed E-state index contributed by atoms with van der Waals surface area (Å²) < 4.78 is 0. The van der Waals surface area contributed by atoms with E-state index in [2.05, 4.69) is 49.8 Å². The average Bonchev–Trinajstić information content (AvgIpc) is 1.63. The number of para-hydroxylation sites is 5. The van der Waals surface area contributed by atoms with Gasteiger partial charge in [-0.1, -0.05) is 240 Å². The fourth-order valence-corrected chi connectivity index (χ4v) is 16.4. The van der Waals surface area contributed by atoms with Crippen LogP contribution in [0.15, 0.2) is 243 Å². The van der Waals surface area contributed by atoms with E-state index in [1.807, 2.05) is 312 Å². The predicted octanol–water partition coefficient (Wildman–Crippen LogP) is 16.5. The molecule has 0 fully saturated rings. The van der Waals surface area contributed by atoms with Gasteiger partial charge in [-0.15, -0.1) is 0 Å². The highest BCUT2D eigenvalue weighted by molar-refractivity contribution is 6.15. The summed E-state index contributed by atoms with van der Waals surface area (Å²) in [6, 6.07) is 76.4. The van der Waals surface area contributed by atoms with Crippen LogP contribution in [0.25, 0.3) is 56.9 Å². The Balaban J connectivity index is 0.000000123. The number of hydrogen-bond donors (Lipinski definition) is 4. The van der Waals surface area contributed by atoms with Gasteiger partial charge in [0.1, 0.15) is 57.6 Å². The number of rotatable bonds is 15. The molecule has 0 saturated heterocycles. The minimum absolute atomic E-state index is 0.0517. The SMILES string of the molecule is CC(=O)c1nc(-c2ccc(C)cc2)nc2c1CC(=O)N2c1ccccc1C.Cc1ccc(-c2nc(C(N)=O)c3c(n2)N(c2ccccc2C)C(=O)C3)cc1.Cc1ccc(-c2nc(C(N)=O)c3c(n2)N(c2ccccc2C)C(=O)C3)cc1.Cc1ccc(-c2nc(C(N)=O)c3c(n2)N(c2ccccc2C)C(=O)C3)cc1.Cc1ccc(-c2nc(C(N)=O)c3c(n2)N(c2ccccc2C)C(=O)C3)cc1. The van der Waals surface area contributed by atoms with E-state index < -0.39 is 23.6 Å². The second-order valence-electron chi connectivity index (χ2n) is 33.3. The van der Waals surface area contributed by atoms with Gasteiger partial charge in [-0.25, -0.2) is 49.8 Å². The molecule has 5 aliphatic rings. The van der Waals surface area contributed by atoms with Crippen molar-refractivity contribution in [1.29, 1.82) is 0 Å². The number of anilines is 10. The summed E-state index contributed by atoms with van der Waals surface area (Å²) in [5.74, 6) is 0.591. The molecule has 10 heterocycles. The Hall–Kier alpha value is -17.5. The van der Waals surface area contributed by atoms with Gasteiger partial charge in [0.2, 0.25) is 29.5 Å². The zero-order valence-corrected chi connectivity index (χ0v) is 75.7. The summed E-state index contributed by atoms with van der Waals surface area (Å²) in [4.78, 5) is 177. The Morgan fingerprint density at radius 3 is 0.533 bits per heavy atom. The molecule has 8 N–H and O–H groups in total. The Labute approximate surface area is 777 Å². The highest BCUT2D eigenvalue weighted by Gasteiger charge is 2.42. The van der Waals surface area contributed by atoms with Crippen LogP contribution in [0, 0.1) is 69.2 Å². The number of amides is 9. The molecule has 29 heteroatoms. The third-order valence-electron chi connectivity index (χ3n) is 23.5. The fraction of sp³-hybridized carbons (Fsp3) is 0.151. The summed E-state index contributed by atoms with van der Waals surface area (Å²) in [7, 11) is 0. The van der Waals surface area contributed by atoms with Gasteiger partial charge in [0.15, 0.2) is 34.9 Å². The van der Waals surface area contributed by atoms with Crippen molar-refractivity contribution in [2.45, 2.75) is 108 Å². The van der Waals surface area contributed by atoms with Crippen molar-refractivity contribution in [2.75, 3.05) is 24.5 Å². The first-order chi connectivity index (χ1) is 64.8. The first-order valence-corrected chi connectivity index (χ1v) is 43.3. The number of nitrogens with two attached hydrogens (primary N) is 4. The quantitative estimate of drug-likeness (QED) is 0.0692. The lowest BCUT2D eigenvalue weighted by Crippen LogP contribution is -2.22. The molecule has 29 nitrogen and oxygen atoms in total. The van der Waals surface area contributed by atoms with E-state index in [9.17, 15) is 47.9 Å². The molecule has 0 unspecified atom stereocenters. The van der Waals surface area contributed by atoms with Gasteiger partial charge in [0.05, 0.1) is 60.5 Å². The number of nitrogens with zero attached hydrogens (tertiary/aromatic N) is 15. The predicted molar refractivity (Wildman–Crippen MR) is 515 cm³/mol. The largest absolute Gasteiger partial charge is 0.364 e. The molecule has 20 rings (SSSR count). The summed E-state index contributed by atoms with van der Waals surface area (Å²) in [5, 5.41) is 0. The number of carbonyl (C=O) groups excluding carboxylic acids is 10. The minimum Gasteiger partial charge on any atom is -0.364 e. The maximum atomic E-state index is 12.8. The van der Waals surface area contributed by atoms with Gasteiger partial charge in [-0.05, 0) is 127 Å². The second kappa shape index (κ2) is 37.9. The van der Waals surface area contributed by atoms with Gasteiger partial charge in [0, 0.05) is 62.6 Å². The molecule has 5 aliphatic heterocycles. The average molecular weight is 1790 g/mol. The lowest BCUT2D eigenvalue weighted by atomic mass is 10.1. The number of aromatic nitrogens is 10. The van der Waals surface area contributed by atoms with Gasteiger partial charge in [-0.2, -0.15) is 0 Å². The van der Waals surface area contributed by atoms with E-state index >= 15 is 0 Å². The molecule has 5 aromatic heterocycles. The number of Topliss-reactive ketones (excluding diaryl/α,β-unsaturated/α-hetero) is 1. The monoisotopic (exact) mass is 1790 g/mol. The zero-order chi connectivity index (χ0) is 95.6. The van der Waals surface area contributed by atoms with Crippen molar-refractivity contribution in [1.82, 2.24) is 49.8 Å². The molecule has 0 radical (unpaired) electrons. The van der Waals surface area contributed by atoms with Crippen LogP contribution in [0.4, 0.5) is 57.5 Å². The number of fused-ring (bicyclic) bond motifs is 5. The number of aryl methyl sites for hydroxylation is 10. The fourth-order valence-electron chi connectivity index (χ4n) is 16.4. The Kier molecular flexibility index (Phi) is 25.5. The molecule has 10 aromatic carbocycles. The Morgan fingerprint density at radius 2 is 0.378 bits per heavy atom. The van der Waals surface area contributed by atoms with Crippen molar-refractivity contribution >= 4 is 116 Å². The number of benzene rings is 10. The van der Waals surface area contributed by atoms with E-state index in [0.29, 0.717) is 91.7 Å². The van der Waals surface area contributed by atoms with Crippen LogP contribution in [0.5, 0.6) is 0 Å². The molecule has 9 amide bonds. The lowest BCUT2D eigenvalue weighted by Gasteiger charge is -2.19. The van der Waals surface area contributed by atoms with Crippen LogP contribution in [0.2, 0.25) is 0 Å². The smallest absolute Gasteiger partial charge is 0.267 e. The molecular weight excluding hydrogens is 1700 g/mol. The number of primary amides is 4. The van der Waals surface area contributed by atoms with E-state index in [0.717, 1.165) is 112 Å². The molecule has 670 valence electrons. The van der Waals surface area contributed by atoms with Crippen molar-refractivity contribution in [3.63, 3.8) is 0 Å². The van der Waals surface area contributed by atoms with Crippen molar-refractivity contribution in [2.24, 2.45) is 22.9 Å². The number of ketones is 1. The number of carbonyl (C=O) groups is 10.